The highest BCUT2D eigenvalue weighted by Crippen LogP contribution is 2.26. The number of rotatable bonds is 6. The standard InChI is InChI=1S/C15H15Cl2N3O4/c1-8(15(21)22)5-13-14(17)18-9(2)19(13)7-10-3-4-11(20(23)24)6-12(10)16/h3-4,6,8H,5,7H2,1-2H3,(H,21,22). The van der Waals surface area contributed by atoms with Gasteiger partial charge in [-0.1, -0.05) is 30.1 Å². The number of nitrogens with zero attached hydrogens (tertiary/aromatic N) is 3. The Balaban J connectivity index is 2.36. The molecule has 0 amide bonds. The van der Waals surface area contributed by atoms with Gasteiger partial charge in [0.05, 0.1) is 28.1 Å². The van der Waals surface area contributed by atoms with E-state index in [1.54, 1.807) is 24.5 Å². The monoisotopic (exact) mass is 371 g/mol. The van der Waals surface area contributed by atoms with E-state index in [0.717, 1.165) is 0 Å². The summed E-state index contributed by atoms with van der Waals surface area (Å²) < 4.78 is 1.77. The summed E-state index contributed by atoms with van der Waals surface area (Å²) in [5.41, 5.74) is 1.16. The van der Waals surface area contributed by atoms with Gasteiger partial charge in [0.25, 0.3) is 5.69 Å². The van der Waals surface area contributed by atoms with Gasteiger partial charge in [-0.15, -0.1) is 0 Å². The van der Waals surface area contributed by atoms with Crippen molar-refractivity contribution in [3.05, 3.63) is 55.6 Å². The molecule has 1 heterocycles. The van der Waals surface area contributed by atoms with Crippen molar-refractivity contribution in [3.63, 3.8) is 0 Å². The number of aromatic nitrogens is 2. The number of hydrogen-bond acceptors (Lipinski definition) is 4. The third kappa shape index (κ3) is 3.85. The van der Waals surface area contributed by atoms with Gasteiger partial charge in [-0.2, -0.15) is 0 Å². The van der Waals surface area contributed by atoms with Gasteiger partial charge in [0.15, 0.2) is 5.15 Å². The average Bonchev–Trinajstić information content (AvgIpc) is 2.75. The first-order valence-corrected chi connectivity index (χ1v) is 7.83. The number of nitro benzene ring substituents is 1. The normalized spacial score (nSPS) is 12.2. The number of carboxylic acids is 1. The van der Waals surface area contributed by atoms with Gasteiger partial charge in [-0.25, -0.2) is 4.98 Å². The van der Waals surface area contributed by atoms with Crippen LogP contribution in [-0.4, -0.2) is 25.6 Å². The molecule has 0 saturated carbocycles. The van der Waals surface area contributed by atoms with Crippen LogP contribution < -0.4 is 0 Å². The van der Waals surface area contributed by atoms with E-state index in [0.29, 0.717) is 23.6 Å². The number of carboxylic acid groups (broad SMARTS) is 1. The van der Waals surface area contributed by atoms with E-state index >= 15 is 0 Å². The van der Waals surface area contributed by atoms with Crippen LogP contribution in [0.1, 0.15) is 24.0 Å². The van der Waals surface area contributed by atoms with Crippen molar-refractivity contribution in [3.8, 4) is 0 Å². The number of nitro groups is 1. The summed E-state index contributed by atoms with van der Waals surface area (Å²) in [4.78, 5) is 25.5. The minimum Gasteiger partial charge on any atom is -0.481 e. The number of hydrogen-bond donors (Lipinski definition) is 1. The minimum atomic E-state index is -0.926. The molecule has 2 aromatic rings. The van der Waals surface area contributed by atoms with E-state index in [1.165, 1.54) is 12.1 Å². The van der Waals surface area contributed by atoms with E-state index in [-0.39, 0.29) is 22.3 Å². The summed E-state index contributed by atoms with van der Waals surface area (Å²) in [7, 11) is 0. The Morgan fingerprint density at radius 2 is 2.12 bits per heavy atom. The van der Waals surface area contributed by atoms with Crippen LogP contribution in [0.2, 0.25) is 10.2 Å². The zero-order valence-corrected chi connectivity index (χ0v) is 14.5. The van der Waals surface area contributed by atoms with E-state index in [4.69, 9.17) is 28.3 Å². The van der Waals surface area contributed by atoms with Gasteiger partial charge < -0.3 is 9.67 Å². The van der Waals surface area contributed by atoms with E-state index in [2.05, 4.69) is 4.98 Å². The van der Waals surface area contributed by atoms with Crippen LogP contribution in [0.25, 0.3) is 0 Å². The summed E-state index contributed by atoms with van der Waals surface area (Å²) in [6.45, 7) is 3.63. The Hall–Kier alpha value is -2.12. The predicted molar refractivity (Wildman–Crippen MR) is 89.7 cm³/mol. The molecule has 0 aliphatic carbocycles. The number of non-ortho nitro benzene ring substituents is 1. The molecule has 1 N–H and O–H groups in total. The van der Waals surface area contributed by atoms with Crippen LogP contribution >= 0.6 is 23.2 Å². The Kier molecular flexibility index (Phi) is 5.46. The van der Waals surface area contributed by atoms with Gasteiger partial charge in [0, 0.05) is 18.6 Å². The molecule has 24 heavy (non-hydrogen) atoms. The molecule has 0 aliphatic rings. The lowest BCUT2D eigenvalue weighted by Gasteiger charge is -2.13. The van der Waals surface area contributed by atoms with Gasteiger partial charge in [0.1, 0.15) is 5.82 Å². The number of aliphatic carboxylic acids is 1. The zero-order valence-electron chi connectivity index (χ0n) is 13.0. The third-order valence-corrected chi connectivity index (χ3v) is 4.37. The zero-order chi connectivity index (χ0) is 18.0. The van der Waals surface area contributed by atoms with Gasteiger partial charge >= 0.3 is 5.97 Å². The SMILES string of the molecule is Cc1nc(Cl)c(CC(C)C(=O)O)n1Cc1ccc([N+](=O)[O-])cc1Cl. The molecule has 0 spiro atoms. The first-order valence-electron chi connectivity index (χ1n) is 7.07. The number of imidazole rings is 1. The fourth-order valence-electron chi connectivity index (χ4n) is 2.30. The molecule has 0 saturated heterocycles. The maximum absolute atomic E-state index is 11.1. The number of aryl methyl sites for hydroxylation is 1. The molecule has 1 aromatic carbocycles. The van der Waals surface area contributed by atoms with Crippen LogP contribution in [0.15, 0.2) is 18.2 Å². The van der Waals surface area contributed by atoms with E-state index in [1.807, 2.05) is 0 Å². The second-order valence-electron chi connectivity index (χ2n) is 5.46. The minimum absolute atomic E-state index is 0.0936. The molecule has 0 fully saturated rings. The number of carbonyl (C=O) groups is 1. The maximum Gasteiger partial charge on any atom is 0.306 e. The van der Waals surface area contributed by atoms with Crippen molar-refractivity contribution < 1.29 is 14.8 Å². The van der Waals surface area contributed by atoms with Crippen molar-refractivity contribution in [1.82, 2.24) is 9.55 Å². The number of benzene rings is 1. The van der Waals surface area contributed by atoms with Crippen molar-refractivity contribution in [1.29, 1.82) is 0 Å². The highest BCUT2D eigenvalue weighted by molar-refractivity contribution is 6.31. The third-order valence-electron chi connectivity index (χ3n) is 3.71. The van der Waals surface area contributed by atoms with Crippen molar-refractivity contribution in [2.75, 3.05) is 0 Å². The lowest BCUT2D eigenvalue weighted by molar-refractivity contribution is -0.384. The molecule has 0 bridgehead atoms. The summed E-state index contributed by atoms with van der Waals surface area (Å²) in [6.07, 6.45) is 0.222. The molecule has 2 rings (SSSR count). The Bertz CT molecular complexity index is 804. The second-order valence-corrected chi connectivity index (χ2v) is 6.22. The summed E-state index contributed by atoms with van der Waals surface area (Å²) >= 11 is 12.3. The molecule has 1 atom stereocenters. The number of halogens is 2. The molecule has 7 nitrogen and oxygen atoms in total. The van der Waals surface area contributed by atoms with Gasteiger partial charge in [0.2, 0.25) is 0 Å². The topological polar surface area (TPSA) is 98.3 Å². The Morgan fingerprint density at radius 1 is 1.46 bits per heavy atom. The van der Waals surface area contributed by atoms with Crippen molar-refractivity contribution in [2.24, 2.45) is 5.92 Å². The van der Waals surface area contributed by atoms with Crippen LogP contribution in [-0.2, 0) is 17.8 Å². The van der Waals surface area contributed by atoms with Gasteiger partial charge in [-0.3, -0.25) is 14.9 Å². The average molecular weight is 372 g/mol. The lowest BCUT2D eigenvalue weighted by atomic mass is 10.1. The Labute approximate surface area is 148 Å². The first-order chi connectivity index (χ1) is 11.2. The van der Waals surface area contributed by atoms with Crippen LogP contribution in [0, 0.1) is 23.0 Å². The van der Waals surface area contributed by atoms with Crippen LogP contribution in [0.5, 0.6) is 0 Å². The molecule has 0 radical (unpaired) electrons. The van der Waals surface area contributed by atoms with Crippen molar-refractivity contribution >= 4 is 34.9 Å². The molecule has 0 aliphatic heterocycles. The highest BCUT2D eigenvalue weighted by atomic mass is 35.5. The highest BCUT2D eigenvalue weighted by Gasteiger charge is 2.20. The van der Waals surface area contributed by atoms with E-state index in [9.17, 15) is 14.9 Å². The van der Waals surface area contributed by atoms with E-state index < -0.39 is 16.8 Å². The summed E-state index contributed by atoms with van der Waals surface area (Å²) in [5.74, 6) is -0.934. The smallest absolute Gasteiger partial charge is 0.306 e. The molecular weight excluding hydrogens is 357 g/mol. The molecular formula is C15H15Cl2N3O4. The van der Waals surface area contributed by atoms with Gasteiger partial charge in [-0.05, 0) is 18.6 Å². The molecule has 128 valence electrons. The fourth-order valence-corrected chi connectivity index (χ4v) is 2.84. The predicted octanol–water partition coefficient (Wildman–Crippen LogP) is 3.72. The fraction of sp³-hybridized carbons (Fsp3) is 0.333. The molecule has 1 aromatic heterocycles. The summed E-state index contributed by atoms with van der Waals surface area (Å²) in [6, 6.07) is 4.22. The summed E-state index contributed by atoms with van der Waals surface area (Å²) in [5, 5.41) is 20.4. The lowest BCUT2D eigenvalue weighted by Crippen LogP contribution is -2.16. The Morgan fingerprint density at radius 3 is 2.67 bits per heavy atom. The first kappa shape index (κ1) is 18.2. The molecule has 1 unspecified atom stereocenters. The van der Waals surface area contributed by atoms with Crippen molar-refractivity contribution in [2.45, 2.75) is 26.8 Å². The van der Waals surface area contributed by atoms with Crippen LogP contribution in [0.4, 0.5) is 5.69 Å². The quantitative estimate of drug-likeness (QED) is 0.616. The van der Waals surface area contributed by atoms with Crippen LogP contribution in [0.3, 0.4) is 0 Å². The largest absolute Gasteiger partial charge is 0.481 e. The second kappa shape index (κ2) is 7.19. The molecule has 9 heteroatoms. The maximum atomic E-state index is 11.1.